The van der Waals surface area contributed by atoms with Crippen molar-refractivity contribution in [3.8, 4) is 0 Å². The Labute approximate surface area is 124 Å². The minimum absolute atomic E-state index is 0.816. The number of aryl methyl sites for hydroxylation is 2. The maximum Gasteiger partial charge on any atom is 0.0431 e. The lowest BCUT2D eigenvalue weighted by molar-refractivity contribution is 0.516. The molecule has 2 nitrogen and oxygen atoms in total. The van der Waals surface area contributed by atoms with E-state index in [2.05, 4.69) is 49.2 Å². The summed E-state index contributed by atoms with van der Waals surface area (Å²) in [5.74, 6) is 0.816. The zero-order chi connectivity index (χ0) is 14.4. The molecule has 1 unspecified atom stereocenters. The Kier molecular flexibility index (Phi) is 5.90. The lowest BCUT2D eigenvalue weighted by atomic mass is 10.0. The van der Waals surface area contributed by atoms with Crippen LogP contribution in [-0.4, -0.2) is 26.2 Å². The van der Waals surface area contributed by atoms with Crippen molar-refractivity contribution in [1.82, 2.24) is 5.32 Å². The number of anilines is 1. The Balaban J connectivity index is 2.05. The van der Waals surface area contributed by atoms with Crippen molar-refractivity contribution in [2.45, 2.75) is 46.5 Å². The fourth-order valence-electron chi connectivity index (χ4n) is 3.31. The van der Waals surface area contributed by atoms with Crippen LogP contribution in [0, 0.1) is 5.92 Å². The normalized spacial score (nSPS) is 18.8. The first-order valence-electron chi connectivity index (χ1n) is 8.36. The first kappa shape index (κ1) is 15.4. The molecule has 0 spiro atoms. The van der Waals surface area contributed by atoms with Gasteiger partial charge in [0.2, 0.25) is 0 Å². The van der Waals surface area contributed by atoms with Crippen LogP contribution in [0.1, 0.15) is 44.7 Å². The first-order valence-corrected chi connectivity index (χ1v) is 8.36. The van der Waals surface area contributed by atoms with Gasteiger partial charge in [0.1, 0.15) is 0 Å². The summed E-state index contributed by atoms with van der Waals surface area (Å²) in [7, 11) is 0. The van der Waals surface area contributed by atoms with Gasteiger partial charge in [0.15, 0.2) is 0 Å². The Hall–Kier alpha value is -1.02. The molecular formula is C18H30N2. The minimum Gasteiger partial charge on any atom is -0.371 e. The van der Waals surface area contributed by atoms with Crippen molar-refractivity contribution < 1.29 is 0 Å². The number of nitrogens with one attached hydrogen (secondary N) is 1. The summed E-state index contributed by atoms with van der Waals surface area (Å²) in [6, 6.07) is 6.83. The van der Waals surface area contributed by atoms with E-state index in [1.165, 1.54) is 49.3 Å². The molecule has 112 valence electrons. The maximum absolute atomic E-state index is 3.58. The molecule has 1 aromatic carbocycles. The van der Waals surface area contributed by atoms with Gasteiger partial charge >= 0.3 is 0 Å². The van der Waals surface area contributed by atoms with E-state index < -0.39 is 0 Å². The molecule has 0 saturated carbocycles. The Morgan fingerprint density at radius 2 is 1.85 bits per heavy atom. The van der Waals surface area contributed by atoms with Crippen LogP contribution >= 0.6 is 0 Å². The smallest absolute Gasteiger partial charge is 0.0431 e. The molecule has 2 rings (SSSR count). The van der Waals surface area contributed by atoms with Crippen molar-refractivity contribution >= 4 is 5.69 Å². The number of hydrogen-bond acceptors (Lipinski definition) is 2. The third-order valence-corrected chi connectivity index (χ3v) is 4.43. The standard InChI is InChI=1S/C18H30N2/c1-4-11-19-13-15-10-12-20(14-15)18-16(5-2)8-7-9-17(18)6-3/h7-9,15,19H,4-6,10-14H2,1-3H3. The second-order valence-electron chi connectivity index (χ2n) is 5.94. The van der Waals surface area contributed by atoms with Crippen LogP contribution in [0.25, 0.3) is 0 Å². The summed E-state index contributed by atoms with van der Waals surface area (Å²) >= 11 is 0. The molecule has 1 heterocycles. The summed E-state index contributed by atoms with van der Waals surface area (Å²) in [5, 5.41) is 3.58. The third-order valence-electron chi connectivity index (χ3n) is 4.43. The minimum atomic E-state index is 0.816. The topological polar surface area (TPSA) is 15.3 Å². The van der Waals surface area contributed by atoms with E-state index in [4.69, 9.17) is 0 Å². The van der Waals surface area contributed by atoms with E-state index in [1.54, 1.807) is 0 Å². The average Bonchev–Trinajstić information content (AvgIpc) is 2.95. The van der Waals surface area contributed by atoms with E-state index in [9.17, 15) is 0 Å². The van der Waals surface area contributed by atoms with Gasteiger partial charge in [0.25, 0.3) is 0 Å². The van der Waals surface area contributed by atoms with Gasteiger partial charge in [-0.3, -0.25) is 0 Å². The maximum atomic E-state index is 3.58. The summed E-state index contributed by atoms with van der Waals surface area (Å²) in [4.78, 5) is 2.63. The number of para-hydroxylation sites is 1. The number of nitrogens with zero attached hydrogens (tertiary/aromatic N) is 1. The highest BCUT2D eigenvalue weighted by atomic mass is 15.2. The summed E-state index contributed by atoms with van der Waals surface area (Å²) in [6.45, 7) is 11.6. The van der Waals surface area contributed by atoms with Crippen molar-refractivity contribution in [3.63, 3.8) is 0 Å². The van der Waals surface area contributed by atoms with Crippen LogP contribution in [-0.2, 0) is 12.8 Å². The second-order valence-corrected chi connectivity index (χ2v) is 5.94. The highest BCUT2D eigenvalue weighted by Crippen LogP contribution is 2.31. The van der Waals surface area contributed by atoms with Crippen LogP contribution < -0.4 is 10.2 Å². The van der Waals surface area contributed by atoms with Gasteiger partial charge in [-0.2, -0.15) is 0 Å². The lowest BCUT2D eigenvalue weighted by Gasteiger charge is -2.25. The van der Waals surface area contributed by atoms with Gasteiger partial charge in [-0.05, 0) is 55.8 Å². The highest BCUT2D eigenvalue weighted by molar-refractivity contribution is 5.60. The second kappa shape index (κ2) is 7.68. The van der Waals surface area contributed by atoms with Crippen LogP contribution in [0.4, 0.5) is 5.69 Å². The first-order chi connectivity index (χ1) is 9.80. The average molecular weight is 274 g/mol. The van der Waals surface area contributed by atoms with Crippen LogP contribution in [0.3, 0.4) is 0 Å². The predicted molar refractivity (Wildman–Crippen MR) is 88.7 cm³/mol. The molecule has 0 aliphatic carbocycles. The zero-order valence-electron chi connectivity index (χ0n) is 13.4. The van der Waals surface area contributed by atoms with E-state index in [0.29, 0.717) is 0 Å². The van der Waals surface area contributed by atoms with Gasteiger partial charge < -0.3 is 10.2 Å². The van der Waals surface area contributed by atoms with Gasteiger partial charge in [-0.15, -0.1) is 0 Å². The largest absolute Gasteiger partial charge is 0.371 e. The molecule has 1 N–H and O–H groups in total. The highest BCUT2D eigenvalue weighted by Gasteiger charge is 2.24. The van der Waals surface area contributed by atoms with Crippen molar-refractivity contribution in [3.05, 3.63) is 29.3 Å². The van der Waals surface area contributed by atoms with E-state index in [1.807, 2.05) is 0 Å². The molecular weight excluding hydrogens is 244 g/mol. The molecule has 0 aromatic heterocycles. The molecule has 1 fully saturated rings. The SMILES string of the molecule is CCCNCC1CCN(c2c(CC)cccc2CC)C1. The Bertz CT molecular complexity index is 392. The molecule has 0 radical (unpaired) electrons. The fourth-order valence-corrected chi connectivity index (χ4v) is 3.31. The van der Waals surface area contributed by atoms with E-state index >= 15 is 0 Å². The molecule has 1 saturated heterocycles. The van der Waals surface area contributed by atoms with Gasteiger partial charge in [0, 0.05) is 18.8 Å². The van der Waals surface area contributed by atoms with Crippen molar-refractivity contribution in [1.29, 1.82) is 0 Å². The Morgan fingerprint density at radius 3 is 2.45 bits per heavy atom. The third kappa shape index (κ3) is 3.54. The van der Waals surface area contributed by atoms with Crippen molar-refractivity contribution in [2.75, 3.05) is 31.1 Å². The number of rotatable bonds is 7. The molecule has 1 aliphatic heterocycles. The molecule has 2 heteroatoms. The molecule has 1 aromatic rings. The fraction of sp³-hybridized carbons (Fsp3) is 0.667. The van der Waals surface area contributed by atoms with Crippen LogP contribution in [0.15, 0.2) is 18.2 Å². The van der Waals surface area contributed by atoms with Crippen molar-refractivity contribution in [2.24, 2.45) is 5.92 Å². The molecule has 0 bridgehead atoms. The summed E-state index contributed by atoms with van der Waals surface area (Å²) in [5.41, 5.74) is 4.58. The van der Waals surface area contributed by atoms with Gasteiger partial charge in [-0.1, -0.05) is 39.0 Å². The summed E-state index contributed by atoms with van der Waals surface area (Å²) < 4.78 is 0. The lowest BCUT2D eigenvalue weighted by Crippen LogP contribution is -2.27. The predicted octanol–water partition coefficient (Wildman–Crippen LogP) is 3.64. The number of benzene rings is 1. The monoisotopic (exact) mass is 274 g/mol. The van der Waals surface area contributed by atoms with Crippen LogP contribution in [0.2, 0.25) is 0 Å². The zero-order valence-corrected chi connectivity index (χ0v) is 13.4. The molecule has 1 atom stereocenters. The molecule has 0 amide bonds. The Morgan fingerprint density at radius 1 is 1.15 bits per heavy atom. The van der Waals surface area contributed by atoms with Gasteiger partial charge in [-0.25, -0.2) is 0 Å². The van der Waals surface area contributed by atoms with Gasteiger partial charge in [0.05, 0.1) is 0 Å². The quantitative estimate of drug-likeness (QED) is 0.764. The molecule has 1 aliphatic rings. The van der Waals surface area contributed by atoms with Crippen LogP contribution in [0.5, 0.6) is 0 Å². The number of hydrogen-bond donors (Lipinski definition) is 1. The van der Waals surface area contributed by atoms with E-state index in [-0.39, 0.29) is 0 Å². The summed E-state index contributed by atoms with van der Waals surface area (Å²) in [6.07, 6.45) is 4.84. The van der Waals surface area contributed by atoms with E-state index in [0.717, 1.165) is 25.3 Å². The molecule has 20 heavy (non-hydrogen) atoms.